The van der Waals surface area contributed by atoms with E-state index < -0.39 is 33.9 Å². The zero-order valence-electron chi connectivity index (χ0n) is 7.27. The summed E-state index contributed by atoms with van der Waals surface area (Å²) in [6.07, 6.45) is 0. The lowest BCUT2D eigenvalue weighted by molar-refractivity contribution is -0.124. The van der Waals surface area contributed by atoms with Gasteiger partial charge in [-0.3, -0.25) is 10.1 Å². The third-order valence-electron chi connectivity index (χ3n) is 1.91. The first-order chi connectivity index (χ1) is 7.41. The summed E-state index contributed by atoms with van der Waals surface area (Å²) in [6, 6.07) is -2.66. The van der Waals surface area contributed by atoms with Crippen molar-refractivity contribution in [2.45, 2.75) is 5.12 Å². The summed E-state index contributed by atoms with van der Waals surface area (Å²) < 4.78 is 13.4. The van der Waals surface area contributed by atoms with Crippen LogP contribution in [-0.2, 0) is 4.79 Å². The summed E-state index contributed by atoms with van der Waals surface area (Å²) in [5.41, 5.74) is -0.753. The molecule has 10 heteroatoms. The summed E-state index contributed by atoms with van der Waals surface area (Å²) in [5.74, 6) is -1.23. The predicted octanol–water partition coefficient (Wildman–Crippen LogP) is 0.0262. The molecule has 0 aromatic carbocycles. The van der Waals surface area contributed by atoms with Crippen LogP contribution in [0.4, 0.5) is 14.1 Å². The number of aliphatic imine (C=N–C) groups is 1. The first-order valence-electron chi connectivity index (χ1n) is 3.74. The van der Waals surface area contributed by atoms with Crippen LogP contribution in [-0.4, -0.2) is 38.9 Å². The highest BCUT2D eigenvalue weighted by Gasteiger charge is 2.62. The second kappa shape index (κ2) is 2.89. The minimum absolute atomic E-state index is 0.111. The Kier molecular flexibility index (Phi) is 1.86. The van der Waals surface area contributed by atoms with Crippen LogP contribution in [0, 0.1) is 6.57 Å². The number of hydrogen-bond donors (Lipinski definition) is 1. The van der Waals surface area contributed by atoms with Crippen molar-refractivity contribution in [2.24, 2.45) is 4.99 Å². The molecule has 1 atom stereocenters. The maximum Gasteiger partial charge on any atom is 0.427 e. The van der Waals surface area contributed by atoms with Crippen molar-refractivity contribution in [1.29, 1.82) is 0 Å². The molecule has 1 saturated heterocycles. The topological polar surface area (TPSA) is 86.4 Å². The van der Waals surface area contributed by atoms with E-state index in [9.17, 15) is 18.9 Å². The van der Waals surface area contributed by atoms with Crippen molar-refractivity contribution in [3.8, 4) is 0 Å². The molecule has 1 N–H and O–H groups in total. The number of amides is 5. The van der Waals surface area contributed by atoms with Gasteiger partial charge < -0.3 is 0 Å². The zero-order valence-corrected chi connectivity index (χ0v) is 8.03. The lowest BCUT2D eigenvalue weighted by atomic mass is 10.2. The Morgan fingerprint density at radius 2 is 2.12 bits per heavy atom. The van der Waals surface area contributed by atoms with E-state index in [1.54, 1.807) is 5.32 Å². The Bertz CT molecular complexity index is 499. The maximum atomic E-state index is 13.4. The fraction of sp³-hybridized carbons (Fsp3) is 0.167. The lowest BCUT2D eigenvalue weighted by Crippen LogP contribution is -2.66. The normalized spacial score (nSPS) is 28.6. The molecule has 0 spiro atoms. The van der Waals surface area contributed by atoms with E-state index in [1.165, 1.54) is 0 Å². The number of urea groups is 2. The highest BCUT2D eigenvalue weighted by molar-refractivity contribution is 6.58. The summed E-state index contributed by atoms with van der Waals surface area (Å²) >= 11 is 5.55. The Balaban J connectivity index is 2.57. The molecule has 16 heavy (non-hydrogen) atoms. The van der Waals surface area contributed by atoms with Crippen molar-refractivity contribution in [2.75, 3.05) is 0 Å². The van der Waals surface area contributed by atoms with Crippen LogP contribution in [0.1, 0.15) is 0 Å². The van der Waals surface area contributed by atoms with Crippen LogP contribution in [0.2, 0.25) is 0 Å². The molecule has 0 bridgehead atoms. The van der Waals surface area contributed by atoms with Crippen LogP contribution in [0.25, 0.3) is 4.95 Å². The minimum Gasteiger partial charge on any atom is -0.293 e. The summed E-state index contributed by atoms with van der Waals surface area (Å²) in [5, 5.41) is -1.41. The third-order valence-corrected chi connectivity index (χ3v) is 2.34. The van der Waals surface area contributed by atoms with Gasteiger partial charge in [-0.25, -0.2) is 9.59 Å². The van der Waals surface area contributed by atoms with Crippen LogP contribution < -0.4 is 5.32 Å². The van der Waals surface area contributed by atoms with Gasteiger partial charge in [-0.05, 0) is 0 Å². The van der Waals surface area contributed by atoms with Crippen LogP contribution in [0.5, 0.6) is 0 Å². The third kappa shape index (κ3) is 1.01. The highest BCUT2D eigenvalue weighted by Crippen LogP contribution is 2.31. The molecule has 0 saturated carbocycles. The molecule has 82 valence electrons. The second-order valence-corrected chi connectivity index (χ2v) is 3.34. The van der Waals surface area contributed by atoms with Crippen LogP contribution >= 0.6 is 11.6 Å². The Morgan fingerprint density at radius 3 is 2.69 bits per heavy atom. The van der Waals surface area contributed by atoms with Gasteiger partial charge in [0.1, 0.15) is 0 Å². The lowest BCUT2D eigenvalue weighted by Gasteiger charge is -2.31. The number of hydrogen-bond acceptors (Lipinski definition) is 3. The fourth-order valence-corrected chi connectivity index (χ4v) is 1.50. The van der Waals surface area contributed by atoms with E-state index in [1.807, 2.05) is 0 Å². The van der Waals surface area contributed by atoms with Crippen molar-refractivity contribution in [1.82, 2.24) is 15.4 Å². The van der Waals surface area contributed by atoms with E-state index >= 15 is 0 Å². The zero-order chi connectivity index (χ0) is 12.1. The molecule has 2 aliphatic rings. The van der Waals surface area contributed by atoms with Gasteiger partial charge in [-0.1, -0.05) is 16.1 Å². The molecular formula is C6HClFN5O3. The van der Waals surface area contributed by atoms with Gasteiger partial charge in [0.15, 0.2) is 5.71 Å². The fourth-order valence-electron chi connectivity index (χ4n) is 1.23. The molecule has 0 aromatic heterocycles. The molecule has 8 nitrogen and oxygen atoms in total. The smallest absolute Gasteiger partial charge is 0.293 e. The van der Waals surface area contributed by atoms with Gasteiger partial charge in [0.25, 0.3) is 5.12 Å². The van der Waals surface area contributed by atoms with Crippen molar-refractivity contribution >= 4 is 35.3 Å². The summed E-state index contributed by atoms with van der Waals surface area (Å²) in [7, 11) is 0. The average molecular weight is 246 g/mol. The Hall–Kier alpha value is -2.21. The molecule has 5 amide bonds. The highest BCUT2D eigenvalue weighted by atomic mass is 35.5. The Labute approximate surface area is 92.0 Å². The second-order valence-electron chi connectivity index (χ2n) is 2.79. The number of imide groups is 1. The number of rotatable bonds is 0. The van der Waals surface area contributed by atoms with E-state index in [4.69, 9.17) is 18.2 Å². The predicted molar refractivity (Wildman–Crippen MR) is 46.3 cm³/mol. The molecule has 1 unspecified atom stereocenters. The average Bonchev–Trinajstić information content (AvgIpc) is 2.53. The molecule has 2 rings (SSSR count). The van der Waals surface area contributed by atoms with Gasteiger partial charge in [-0.2, -0.15) is 11.6 Å². The number of carbonyl (C=O) groups is 3. The van der Waals surface area contributed by atoms with Crippen molar-refractivity contribution < 1.29 is 18.9 Å². The molecule has 1 fully saturated rings. The van der Waals surface area contributed by atoms with Gasteiger partial charge in [0.2, 0.25) is 0 Å². The summed E-state index contributed by atoms with van der Waals surface area (Å²) in [4.78, 5) is 39.1. The van der Waals surface area contributed by atoms with Gasteiger partial charge in [0.05, 0.1) is 5.01 Å². The molecule has 0 aromatic rings. The monoisotopic (exact) mass is 245 g/mol. The number of nitrogens with one attached hydrogen (secondary N) is 1. The standard InChI is InChI=1S/C6HClFN5O3/c1-9-12-3(14)2-6(7,11-4(15)10-2)13(8)5(12)16/h(H,11,15). The van der Waals surface area contributed by atoms with E-state index in [0.717, 1.165) is 0 Å². The first kappa shape index (κ1) is 10.3. The number of fused-ring (bicyclic) bond motifs is 1. The quantitative estimate of drug-likeness (QED) is 0.283. The SMILES string of the molecule is [C-]#[N+]N1C(=O)C2=NC(=O)NC2(Cl)N(F)C1=O. The van der Waals surface area contributed by atoms with Gasteiger partial charge >= 0.3 is 18.0 Å². The van der Waals surface area contributed by atoms with Crippen LogP contribution in [0.15, 0.2) is 4.99 Å². The largest absolute Gasteiger partial charge is 0.427 e. The van der Waals surface area contributed by atoms with Gasteiger partial charge in [0, 0.05) is 0 Å². The van der Waals surface area contributed by atoms with Crippen molar-refractivity contribution in [3.63, 3.8) is 0 Å². The minimum atomic E-state index is -2.45. The Morgan fingerprint density at radius 1 is 1.50 bits per heavy atom. The number of nitrogens with zero attached hydrogens (tertiary/aromatic N) is 4. The number of alkyl halides is 1. The van der Waals surface area contributed by atoms with E-state index in [0.29, 0.717) is 0 Å². The van der Waals surface area contributed by atoms with E-state index in [2.05, 4.69) is 9.95 Å². The molecule has 2 heterocycles. The molecular weight excluding hydrogens is 245 g/mol. The van der Waals surface area contributed by atoms with Gasteiger partial charge in [-0.15, -0.1) is 10.1 Å². The number of halogens is 2. The molecule has 0 aliphatic carbocycles. The number of carbonyl (C=O) groups excluding carboxylic acids is 3. The van der Waals surface area contributed by atoms with Crippen molar-refractivity contribution in [3.05, 3.63) is 11.5 Å². The van der Waals surface area contributed by atoms with Crippen LogP contribution in [0.3, 0.4) is 0 Å². The maximum absolute atomic E-state index is 13.4. The molecule has 0 radical (unpaired) electrons. The summed E-state index contributed by atoms with van der Waals surface area (Å²) in [6.45, 7) is 6.53. The van der Waals surface area contributed by atoms with E-state index in [-0.39, 0.29) is 5.01 Å². The molecule has 2 aliphatic heterocycles. The first-order valence-corrected chi connectivity index (χ1v) is 4.11.